The molecule has 0 amide bonds. The summed E-state index contributed by atoms with van der Waals surface area (Å²) >= 11 is 0. The molecule has 3 aliphatic heterocycles. The molecule has 10 aromatic carbocycles. The first kappa shape index (κ1) is 58.9. The molecule has 0 N–H and O–H groups in total. The number of hydrogen-bond donors (Lipinski definition) is 0. The summed E-state index contributed by atoms with van der Waals surface area (Å²) in [5.74, 6) is 1.59. The largest absolute Gasteiger partial charge is 0.457 e. The van der Waals surface area contributed by atoms with Crippen LogP contribution in [0.2, 0.25) is 0 Å². The molecule has 10 aromatic rings. The van der Waals surface area contributed by atoms with E-state index < -0.39 is 5.41 Å². The minimum Gasteiger partial charge on any atom is -0.457 e. The number of fused-ring (bicyclic) bond motifs is 10. The first-order valence-electron chi connectivity index (χ1n) is 31.6. The van der Waals surface area contributed by atoms with Gasteiger partial charge < -0.3 is 24.0 Å². The number of aryl methyl sites for hydroxylation is 1. The second kappa shape index (κ2) is 23.5. The Kier molecular flexibility index (Phi) is 15.5. The fourth-order valence-electron chi connectivity index (χ4n) is 15.6. The van der Waals surface area contributed by atoms with Crippen LogP contribution in [0, 0.1) is 6.92 Å². The van der Waals surface area contributed by atoms with Crippen LogP contribution in [-0.2, 0) is 44.0 Å². The number of methoxy groups -OCH3 is 2. The Morgan fingerprint density at radius 3 is 1.71 bits per heavy atom. The van der Waals surface area contributed by atoms with Crippen molar-refractivity contribution < 1.29 is 18.8 Å². The molecule has 0 fully saturated rings. The fourth-order valence-corrected chi connectivity index (χ4v) is 15.6. The van der Waals surface area contributed by atoms with Crippen molar-refractivity contribution >= 4 is 65.9 Å². The summed E-state index contributed by atoms with van der Waals surface area (Å²) in [4.78, 5) is 4.86. The molecule has 89 heavy (non-hydrogen) atoms. The number of allylic oxidation sites excluding steroid dienone is 9. The standard InChI is InChI=1S/C83H82N3O3/c1-56-34-39-60-23-12-16-27-66(60)76(56)82(7,57(2)22-20-31-73-80(3,4)77-67-28-17-13-24-61(67)41-48-71(77)85(73)50-52-87-10)54-58-35-43-64(44-36-58)89-65-45-37-59(38-46-65)55-83(8)75(84(9)70-47-40-63-26-15-19-30-69(63)79(70)83)33-21-32-74-81(5,6)78-68-29-18-14-25-62(68)42-49-72(78)86(74)51-53-88-11/h12-49H,2,50-55H2,1,3-11H3/q+1/b22-20+,73-31+. The molecule has 3 heterocycles. The molecule has 0 aliphatic carbocycles. The molecular formula is C83H82N3O3+. The fraction of sp³-hybridized carbons (Fsp3) is 0.241. The van der Waals surface area contributed by atoms with Gasteiger partial charge in [-0.2, -0.15) is 4.58 Å². The lowest BCUT2D eigenvalue weighted by Gasteiger charge is -2.34. The summed E-state index contributed by atoms with van der Waals surface area (Å²) in [6.07, 6.45) is 15.3. The lowest BCUT2D eigenvalue weighted by atomic mass is 9.69. The monoisotopic (exact) mass is 1170 g/mol. The topological polar surface area (TPSA) is 37.2 Å². The molecule has 0 bridgehead atoms. The van der Waals surface area contributed by atoms with Crippen LogP contribution in [0.4, 0.5) is 17.1 Å². The maximum absolute atomic E-state index is 6.68. The second-order valence-electron chi connectivity index (χ2n) is 26.3. The van der Waals surface area contributed by atoms with Crippen molar-refractivity contribution in [2.24, 2.45) is 0 Å². The number of rotatable bonds is 18. The van der Waals surface area contributed by atoms with Gasteiger partial charge >= 0.3 is 0 Å². The van der Waals surface area contributed by atoms with Gasteiger partial charge in [0, 0.05) is 84.5 Å². The van der Waals surface area contributed by atoms with Crippen LogP contribution < -0.4 is 14.5 Å². The number of hydrogen-bond acceptors (Lipinski definition) is 5. The molecule has 13 rings (SSSR count). The Hall–Kier alpha value is -9.07. The number of nitrogens with zero attached hydrogens (tertiary/aromatic N) is 3. The van der Waals surface area contributed by atoms with Crippen molar-refractivity contribution in [3.8, 4) is 11.5 Å². The smallest absolute Gasteiger partial charge is 0.210 e. The lowest BCUT2D eigenvalue weighted by molar-refractivity contribution is -0.441. The van der Waals surface area contributed by atoms with Crippen molar-refractivity contribution in [2.45, 2.75) is 83.0 Å². The molecule has 0 saturated heterocycles. The van der Waals surface area contributed by atoms with Gasteiger partial charge in [0.15, 0.2) is 12.3 Å². The predicted octanol–water partition coefficient (Wildman–Crippen LogP) is 19.5. The molecule has 446 valence electrons. The van der Waals surface area contributed by atoms with Gasteiger partial charge in [0.05, 0.1) is 12.0 Å². The molecule has 3 aliphatic rings. The third-order valence-electron chi connectivity index (χ3n) is 19.9. The van der Waals surface area contributed by atoms with Crippen molar-refractivity contribution in [3.63, 3.8) is 0 Å². The zero-order chi connectivity index (χ0) is 61.8. The highest BCUT2D eigenvalue weighted by molar-refractivity contribution is 6.08. The predicted molar refractivity (Wildman–Crippen MR) is 375 cm³/mol. The number of benzene rings is 10. The van der Waals surface area contributed by atoms with Crippen molar-refractivity contribution in [3.05, 3.63) is 293 Å². The van der Waals surface area contributed by atoms with E-state index in [0.717, 1.165) is 43.0 Å². The zero-order valence-electron chi connectivity index (χ0n) is 53.5. The third-order valence-corrected chi connectivity index (χ3v) is 19.9. The van der Waals surface area contributed by atoms with Crippen LogP contribution >= 0.6 is 0 Å². The van der Waals surface area contributed by atoms with Crippen molar-refractivity contribution in [2.75, 3.05) is 57.4 Å². The second-order valence-corrected chi connectivity index (χ2v) is 26.3. The van der Waals surface area contributed by atoms with E-state index in [4.69, 9.17) is 20.8 Å². The molecule has 0 radical (unpaired) electrons. The van der Waals surface area contributed by atoms with Gasteiger partial charge in [-0.15, -0.1) is 0 Å². The summed E-state index contributed by atoms with van der Waals surface area (Å²) in [5, 5.41) is 10.1. The molecule has 0 aromatic heterocycles. The molecule has 6 nitrogen and oxygen atoms in total. The van der Waals surface area contributed by atoms with Crippen LogP contribution in [0.3, 0.4) is 0 Å². The molecule has 0 saturated carbocycles. The van der Waals surface area contributed by atoms with Gasteiger partial charge in [0.25, 0.3) is 0 Å². The van der Waals surface area contributed by atoms with Crippen LogP contribution in [0.1, 0.15) is 80.5 Å². The van der Waals surface area contributed by atoms with E-state index >= 15 is 0 Å². The molecule has 2 atom stereocenters. The highest BCUT2D eigenvalue weighted by Crippen LogP contribution is 2.54. The van der Waals surface area contributed by atoms with Gasteiger partial charge in [-0.3, -0.25) is 0 Å². The summed E-state index contributed by atoms with van der Waals surface area (Å²) < 4.78 is 20.5. The average molecular weight is 1170 g/mol. The third kappa shape index (κ3) is 10.3. The Morgan fingerprint density at radius 1 is 0.551 bits per heavy atom. The summed E-state index contributed by atoms with van der Waals surface area (Å²) in [5.41, 5.74) is 16.3. The molecule has 6 heteroatoms. The molecule has 0 spiro atoms. The van der Waals surface area contributed by atoms with E-state index in [-0.39, 0.29) is 16.2 Å². The van der Waals surface area contributed by atoms with Gasteiger partial charge in [-0.1, -0.05) is 191 Å². The van der Waals surface area contributed by atoms with Crippen LogP contribution in [0.25, 0.3) is 43.1 Å². The van der Waals surface area contributed by atoms with Crippen LogP contribution in [-0.4, -0.2) is 57.9 Å². The number of anilines is 2. The Balaban J connectivity index is 0.773. The van der Waals surface area contributed by atoms with E-state index in [9.17, 15) is 0 Å². The zero-order valence-corrected chi connectivity index (χ0v) is 53.5. The Morgan fingerprint density at radius 2 is 1.08 bits per heavy atom. The highest BCUT2D eigenvalue weighted by Gasteiger charge is 2.47. The quantitative estimate of drug-likeness (QED) is 0.0632. The Bertz CT molecular complexity index is 4580. The van der Waals surface area contributed by atoms with Crippen LogP contribution in [0.5, 0.6) is 11.5 Å². The maximum Gasteiger partial charge on any atom is 0.210 e. The Labute approximate surface area is 526 Å². The van der Waals surface area contributed by atoms with E-state index in [2.05, 4.69) is 300 Å². The summed E-state index contributed by atoms with van der Waals surface area (Å²) in [7, 11) is 5.80. The van der Waals surface area contributed by atoms with E-state index in [1.165, 1.54) is 116 Å². The van der Waals surface area contributed by atoms with Gasteiger partial charge in [0.1, 0.15) is 18.1 Å². The summed E-state index contributed by atoms with van der Waals surface area (Å²) in [6.45, 7) is 24.2. The highest BCUT2D eigenvalue weighted by atomic mass is 16.5. The SMILES string of the molecule is C=C(/C=C/C=C1/N(CCOC)c2ccc3ccccc3c2C1(C)C)C(C)(Cc1ccc(Oc2ccc(CC3(C)C(=CC=CC4=[N+](CCOC)c5ccc6ccccc6c5C4(C)C)N(C)c4ccc5ccccc5c43)cc2)cc1)c1c(C)ccc2ccccc12. The first-order chi connectivity index (χ1) is 43.0. The van der Waals surface area contributed by atoms with Gasteiger partial charge in [-0.05, 0) is 177 Å². The molecule has 2 unspecified atom stereocenters. The molecular weight excluding hydrogens is 1090 g/mol. The number of ether oxygens (including phenoxy) is 3. The van der Waals surface area contributed by atoms with E-state index in [1.807, 2.05) is 0 Å². The first-order valence-corrected chi connectivity index (χ1v) is 31.6. The van der Waals surface area contributed by atoms with E-state index in [0.29, 0.717) is 13.2 Å². The van der Waals surface area contributed by atoms with Crippen molar-refractivity contribution in [1.82, 2.24) is 0 Å². The number of likely N-dealkylation sites (N-methyl/N-ethyl adjacent to an activating group) is 1. The average Bonchev–Trinajstić information content (AvgIpc) is 1.79. The normalized spacial score (nSPS) is 18.4. The van der Waals surface area contributed by atoms with Crippen LogP contribution in [0.15, 0.2) is 254 Å². The minimum atomic E-state index is -0.458. The van der Waals surface area contributed by atoms with Gasteiger partial charge in [-0.25, -0.2) is 0 Å². The van der Waals surface area contributed by atoms with E-state index in [1.54, 1.807) is 14.2 Å². The van der Waals surface area contributed by atoms with Gasteiger partial charge in [0.2, 0.25) is 5.69 Å². The summed E-state index contributed by atoms with van der Waals surface area (Å²) in [6, 6.07) is 70.7. The van der Waals surface area contributed by atoms with Crippen molar-refractivity contribution in [1.29, 1.82) is 0 Å². The minimum absolute atomic E-state index is 0.230. The maximum atomic E-state index is 6.68. The lowest BCUT2D eigenvalue weighted by Crippen LogP contribution is -2.29.